The van der Waals surface area contributed by atoms with Gasteiger partial charge < -0.3 is 5.11 Å². The molecule has 1 N–H and O–H groups in total. The molecule has 0 heterocycles. The molecule has 1 aliphatic carbocycles. The molecule has 1 rings (SSSR count). The average molecular weight is 180 g/mol. The highest BCUT2D eigenvalue weighted by atomic mass is 16.3. The van der Waals surface area contributed by atoms with E-state index in [4.69, 9.17) is 0 Å². The van der Waals surface area contributed by atoms with Crippen molar-refractivity contribution in [3.05, 3.63) is 17.4 Å². The van der Waals surface area contributed by atoms with E-state index in [0.717, 1.165) is 12.8 Å². The minimum absolute atomic E-state index is 0.268. The van der Waals surface area contributed by atoms with Gasteiger partial charge in [0, 0.05) is 0 Å². The van der Waals surface area contributed by atoms with E-state index >= 15 is 0 Å². The second-order valence-corrected chi connectivity index (χ2v) is 5.03. The van der Waals surface area contributed by atoms with Gasteiger partial charge >= 0.3 is 0 Å². The fraction of sp³-hybridized carbons (Fsp3) is 0.750. The Bertz CT molecular complexity index is 238. The molecule has 0 aromatic rings. The summed E-state index contributed by atoms with van der Waals surface area (Å²) in [6.45, 7) is 8.99. The molecule has 2 atom stereocenters. The summed E-state index contributed by atoms with van der Waals surface area (Å²) >= 11 is 0. The van der Waals surface area contributed by atoms with Crippen LogP contribution in [0.4, 0.5) is 0 Å². The Kier molecular flexibility index (Phi) is 3.00. The van der Waals surface area contributed by atoms with Crippen LogP contribution in [-0.2, 0) is 0 Å². The average Bonchev–Trinajstić information content (AvgIpc) is 2.03. The molecule has 0 aromatic heterocycles. The Hall–Kier alpha value is -0.520. The molecule has 1 nitrogen and oxygen atoms in total. The predicted octanol–water partition coefficient (Wildman–Crippen LogP) is 2.90. The molecule has 0 bridgehead atoms. The number of aliphatic hydroxyl groups excluding tert-OH is 1. The van der Waals surface area contributed by atoms with Crippen molar-refractivity contribution in [3.63, 3.8) is 0 Å². The van der Waals surface area contributed by atoms with Gasteiger partial charge in [-0.1, -0.05) is 27.7 Å². The highest BCUT2D eigenvalue weighted by Gasteiger charge is 2.24. The van der Waals surface area contributed by atoms with Gasteiger partial charge in [0.1, 0.15) is 0 Å². The molecule has 2 unspecified atom stereocenters. The molecule has 0 amide bonds. The zero-order valence-electron chi connectivity index (χ0n) is 9.09. The van der Waals surface area contributed by atoms with Crippen molar-refractivity contribution in [3.8, 4) is 0 Å². The van der Waals surface area contributed by atoms with Crippen LogP contribution in [0.3, 0.4) is 0 Å². The molecule has 74 valence electrons. The van der Waals surface area contributed by atoms with Crippen LogP contribution in [0.25, 0.3) is 0 Å². The van der Waals surface area contributed by atoms with Gasteiger partial charge in [-0.25, -0.2) is 0 Å². The standard InChI is InChI=1S/C12H20O/c1-9(12(2,3)4)10-5-7-11(13)8-6-10/h8-9,11,13H,5,7H2,1-4H3. The minimum atomic E-state index is -0.268. The molecule has 1 heteroatoms. The second kappa shape index (κ2) is 3.69. The smallest absolute Gasteiger partial charge is 0.0797 e. The quantitative estimate of drug-likeness (QED) is 0.615. The molecule has 1 aliphatic rings. The van der Waals surface area contributed by atoms with E-state index in [2.05, 4.69) is 33.4 Å². The van der Waals surface area contributed by atoms with Gasteiger partial charge in [0.2, 0.25) is 0 Å². The van der Waals surface area contributed by atoms with Crippen molar-refractivity contribution in [2.24, 2.45) is 11.3 Å². The third-order valence-electron chi connectivity index (χ3n) is 2.99. The Morgan fingerprint density at radius 1 is 1.54 bits per heavy atom. The fourth-order valence-electron chi connectivity index (χ4n) is 1.53. The van der Waals surface area contributed by atoms with E-state index < -0.39 is 0 Å². The number of hydrogen-bond acceptors (Lipinski definition) is 1. The van der Waals surface area contributed by atoms with Crippen molar-refractivity contribution in [2.75, 3.05) is 0 Å². The topological polar surface area (TPSA) is 20.2 Å². The Labute approximate surface area is 81.2 Å². The lowest BCUT2D eigenvalue weighted by Gasteiger charge is -2.30. The van der Waals surface area contributed by atoms with Gasteiger partial charge in [-0.2, -0.15) is 0 Å². The van der Waals surface area contributed by atoms with E-state index in [0.29, 0.717) is 11.3 Å². The first kappa shape index (κ1) is 10.6. The molecule has 0 saturated heterocycles. The van der Waals surface area contributed by atoms with Crippen LogP contribution < -0.4 is 0 Å². The predicted molar refractivity (Wildman–Crippen MR) is 55.5 cm³/mol. The van der Waals surface area contributed by atoms with Crippen LogP contribution in [0.15, 0.2) is 17.4 Å². The summed E-state index contributed by atoms with van der Waals surface area (Å²) in [6, 6.07) is 0. The molecule has 0 fully saturated rings. The first-order chi connectivity index (χ1) is 5.91. The van der Waals surface area contributed by atoms with Gasteiger partial charge in [0.15, 0.2) is 0 Å². The fourth-order valence-corrected chi connectivity index (χ4v) is 1.53. The van der Waals surface area contributed by atoms with Crippen LogP contribution >= 0.6 is 0 Å². The van der Waals surface area contributed by atoms with E-state index in [1.165, 1.54) is 5.57 Å². The van der Waals surface area contributed by atoms with E-state index in [9.17, 15) is 5.11 Å². The molecule has 13 heavy (non-hydrogen) atoms. The van der Waals surface area contributed by atoms with Crippen LogP contribution in [-0.4, -0.2) is 11.2 Å². The Balaban J connectivity index is 2.79. The van der Waals surface area contributed by atoms with Crippen molar-refractivity contribution in [1.29, 1.82) is 0 Å². The lowest BCUT2D eigenvalue weighted by Crippen LogP contribution is -2.21. The van der Waals surface area contributed by atoms with Crippen molar-refractivity contribution in [1.82, 2.24) is 0 Å². The monoisotopic (exact) mass is 180 g/mol. The number of hydrogen-bond donors (Lipinski definition) is 1. The van der Waals surface area contributed by atoms with Crippen LogP contribution in [0.5, 0.6) is 0 Å². The summed E-state index contributed by atoms with van der Waals surface area (Å²) in [5.74, 6) is 0.552. The lowest BCUT2D eigenvalue weighted by molar-refractivity contribution is 0.204. The highest BCUT2D eigenvalue weighted by Crippen LogP contribution is 2.34. The van der Waals surface area contributed by atoms with Crippen LogP contribution in [0.1, 0.15) is 40.5 Å². The zero-order valence-corrected chi connectivity index (χ0v) is 9.09. The van der Waals surface area contributed by atoms with Crippen molar-refractivity contribution < 1.29 is 5.11 Å². The lowest BCUT2D eigenvalue weighted by atomic mass is 9.75. The zero-order chi connectivity index (χ0) is 10.1. The summed E-state index contributed by atoms with van der Waals surface area (Å²) in [6.07, 6.45) is 3.39. The minimum Gasteiger partial charge on any atom is -0.388 e. The molecule has 0 saturated carbocycles. The first-order valence-electron chi connectivity index (χ1n) is 5.05. The summed E-state index contributed by atoms with van der Waals surface area (Å²) in [4.78, 5) is 0. The maximum atomic E-state index is 9.28. The third-order valence-corrected chi connectivity index (χ3v) is 2.99. The largest absolute Gasteiger partial charge is 0.388 e. The summed E-state index contributed by atoms with van der Waals surface area (Å²) < 4.78 is 0. The Morgan fingerprint density at radius 3 is 2.54 bits per heavy atom. The van der Waals surface area contributed by atoms with E-state index in [1.807, 2.05) is 0 Å². The van der Waals surface area contributed by atoms with E-state index in [1.54, 1.807) is 6.08 Å². The molecule has 0 aromatic carbocycles. The van der Waals surface area contributed by atoms with Crippen molar-refractivity contribution in [2.45, 2.75) is 46.6 Å². The summed E-state index contributed by atoms with van der Waals surface area (Å²) in [7, 11) is 0. The maximum Gasteiger partial charge on any atom is 0.0797 e. The van der Waals surface area contributed by atoms with Crippen molar-refractivity contribution >= 4 is 0 Å². The highest BCUT2D eigenvalue weighted by molar-refractivity contribution is 5.13. The molecule has 0 aliphatic heterocycles. The molecular weight excluding hydrogens is 160 g/mol. The normalized spacial score (nSPS) is 25.6. The SMILES string of the molecule is CC(C1=C=CC(O)CC1)C(C)(C)C. The molecular formula is C12H20O. The van der Waals surface area contributed by atoms with Gasteiger partial charge in [0.25, 0.3) is 0 Å². The van der Waals surface area contributed by atoms with Crippen LogP contribution in [0.2, 0.25) is 0 Å². The van der Waals surface area contributed by atoms with Gasteiger partial charge in [-0.05, 0) is 35.8 Å². The molecule has 0 spiro atoms. The van der Waals surface area contributed by atoms with Crippen LogP contribution in [0, 0.1) is 11.3 Å². The molecule has 0 radical (unpaired) electrons. The second-order valence-electron chi connectivity index (χ2n) is 5.03. The third kappa shape index (κ3) is 2.72. The van der Waals surface area contributed by atoms with Gasteiger partial charge in [-0.15, -0.1) is 5.73 Å². The number of rotatable bonds is 1. The van der Waals surface area contributed by atoms with Gasteiger partial charge in [-0.3, -0.25) is 0 Å². The summed E-state index contributed by atoms with van der Waals surface area (Å²) in [5, 5.41) is 9.28. The Morgan fingerprint density at radius 2 is 2.15 bits per heavy atom. The van der Waals surface area contributed by atoms with E-state index in [-0.39, 0.29) is 6.10 Å². The summed E-state index contributed by atoms with van der Waals surface area (Å²) in [5.41, 5.74) is 4.88. The number of aliphatic hydroxyl groups is 1. The van der Waals surface area contributed by atoms with Gasteiger partial charge in [0.05, 0.1) is 6.10 Å². The first-order valence-corrected chi connectivity index (χ1v) is 5.05. The maximum absolute atomic E-state index is 9.28.